The maximum Gasteiger partial charge on any atom is 0.160 e. The molecule has 0 spiro atoms. The van der Waals surface area contributed by atoms with Crippen LogP contribution in [0.3, 0.4) is 0 Å². The summed E-state index contributed by atoms with van der Waals surface area (Å²) >= 11 is 0. The maximum absolute atomic E-state index is 5.68. The number of hydrogen-bond donors (Lipinski definition) is 0. The third kappa shape index (κ3) is 4.29. The number of ether oxygens (including phenoxy) is 4. The van der Waals surface area contributed by atoms with E-state index in [0.717, 1.165) is 37.4 Å². The monoisotopic (exact) mass is 252 g/mol. The van der Waals surface area contributed by atoms with Gasteiger partial charge in [-0.25, -0.2) is 0 Å². The Morgan fingerprint density at radius 1 is 1.28 bits per heavy atom. The summed E-state index contributed by atoms with van der Waals surface area (Å²) in [5.74, 6) is 0.861. The van der Waals surface area contributed by atoms with Crippen molar-refractivity contribution in [2.75, 3.05) is 26.9 Å². The fraction of sp³-hybridized carbons (Fsp3) is 0.571. The van der Waals surface area contributed by atoms with Crippen LogP contribution in [0.15, 0.2) is 24.3 Å². The van der Waals surface area contributed by atoms with Crippen LogP contribution in [0.25, 0.3) is 0 Å². The molecule has 0 unspecified atom stereocenters. The minimum absolute atomic E-state index is 0.110. The second kappa shape index (κ2) is 7.36. The summed E-state index contributed by atoms with van der Waals surface area (Å²) < 4.78 is 21.7. The minimum atomic E-state index is -0.110. The highest BCUT2D eigenvalue weighted by atomic mass is 16.7. The van der Waals surface area contributed by atoms with Crippen molar-refractivity contribution >= 4 is 0 Å². The van der Waals surface area contributed by atoms with Crippen molar-refractivity contribution < 1.29 is 18.9 Å². The van der Waals surface area contributed by atoms with Gasteiger partial charge in [-0.05, 0) is 24.1 Å². The SMILES string of the molecule is COCc1cccc(OCCC2OCCCO2)c1. The average molecular weight is 252 g/mol. The minimum Gasteiger partial charge on any atom is -0.493 e. The Hall–Kier alpha value is -1.10. The number of rotatable bonds is 6. The van der Waals surface area contributed by atoms with Crippen LogP contribution in [0.2, 0.25) is 0 Å². The summed E-state index contributed by atoms with van der Waals surface area (Å²) in [5, 5.41) is 0. The summed E-state index contributed by atoms with van der Waals surface area (Å²) in [6, 6.07) is 7.93. The molecule has 100 valence electrons. The molecule has 1 aromatic rings. The van der Waals surface area contributed by atoms with Gasteiger partial charge >= 0.3 is 0 Å². The Labute approximate surface area is 108 Å². The molecule has 2 rings (SSSR count). The first-order chi connectivity index (χ1) is 8.88. The quantitative estimate of drug-likeness (QED) is 0.779. The Bertz CT molecular complexity index is 347. The van der Waals surface area contributed by atoms with Crippen LogP contribution in [0.5, 0.6) is 5.75 Å². The molecule has 0 saturated carbocycles. The fourth-order valence-corrected chi connectivity index (χ4v) is 1.87. The predicted molar refractivity (Wildman–Crippen MR) is 67.6 cm³/mol. The lowest BCUT2D eigenvalue weighted by Gasteiger charge is -2.23. The highest BCUT2D eigenvalue weighted by Gasteiger charge is 2.13. The van der Waals surface area contributed by atoms with Gasteiger partial charge in [0.2, 0.25) is 0 Å². The molecule has 0 radical (unpaired) electrons. The van der Waals surface area contributed by atoms with E-state index in [4.69, 9.17) is 18.9 Å². The van der Waals surface area contributed by atoms with Gasteiger partial charge in [0.25, 0.3) is 0 Å². The molecule has 1 aliphatic rings. The smallest absolute Gasteiger partial charge is 0.160 e. The van der Waals surface area contributed by atoms with Crippen molar-refractivity contribution in [2.45, 2.75) is 25.7 Å². The number of methoxy groups -OCH3 is 1. The lowest BCUT2D eigenvalue weighted by molar-refractivity contribution is -0.183. The molecule has 0 bridgehead atoms. The number of hydrogen-bond acceptors (Lipinski definition) is 4. The van der Waals surface area contributed by atoms with Crippen LogP contribution in [0, 0.1) is 0 Å². The molecule has 0 amide bonds. The average Bonchev–Trinajstić information content (AvgIpc) is 2.41. The van der Waals surface area contributed by atoms with Crippen LogP contribution in [0.4, 0.5) is 0 Å². The zero-order valence-corrected chi connectivity index (χ0v) is 10.8. The van der Waals surface area contributed by atoms with Gasteiger partial charge in [-0.1, -0.05) is 12.1 Å². The lowest BCUT2D eigenvalue weighted by atomic mass is 10.2. The van der Waals surface area contributed by atoms with E-state index in [2.05, 4.69) is 0 Å². The van der Waals surface area contributed by atoms with Gasteiger partial charge in [0.15, 0.2) is 6.29 Å². The van der Waals surface area contributed by atoms with E-state index in [9.17, 15) is 0 Å². The van der Waals surface area contributed by atoms with E-state index in [1.807, 2.05) is 24.3 Å². The molecular formula is C14H20O4. The van der Waals surface area contributed by atoms with Crippen molar-refractivity contribution in [3.8, 4) is 5.75 Å². The fourth-order valence-electron chi connectivity index (χ4n) is 1.87. The van der Waals surface area contributed by atoms with Gasteiger partial charge in [0, 0.05) is 13.5 Å². The van der Waals surface area contributed by atoms with Gasteiger partial charge in [-0.3, -0.25) is 0 Å². The first-order valence-corrected chi connectivity index (χ1v) is 6.32. The van der Waals surface area contributed by atoms with E-state index in [-0.39, 0.29) is 6.29 Å². The number of benzene rings is 1. The van der Waals surface area contributed by atoms with Crippen molar-refractivity contribution in [2.24, 2.45) is 0 Å². The molecule has 4 heteroatoms. The lowest BCUT2D eigenvalue weighted by Crippen LogP contribution is -2.26. The molecule has 1 aromatic carbocycles. The second-order valence-corrected chi connectivity index (χ2v) is 4.24. The van der Waals surface area contributed by atoms with Crippen LogP contribution in [-0.2, 0) is 20.8 Å². The summed E-state index contributed by atoms with van der Waals surface area (Å²) in [6.07, 6.45) is 1.63. The molecule has 0 aromatic heterocycles. The highest BCUT2D eigenvalue weighted by molar-refractivity contribution is 5.28. The molecule has 1 heterocycles. The molecule has 1 saturated heterocycles. The zero-order valence-electron chi connectivity index (χ0n) is 10.8. The van der Waals surface area contributed by atoms with Crippen molar-refractivity contribution in [1.29, 1.82) is 0 Å². The molecule has 1 aliphatic heterocycles. The topological polar surface area (TPSA) is 36.9 Å². The first kappa shape index (κ1) is 13.3. The van der Waals surface area contributed by atoms with E-state index < -0.39 is 0 Å². The third-order valence-electron chi connectivity index (χ3n) is 2.73. The van der Waals surface area contributed by atoms with Crippen LogP contribution >= 0.6 is 0 Å². The van der Waals surface area contributed by atoms with Crippen LogP contribution in [0.1, 0.15) is 18.4 Å². The Morgan fingerprint density at radius 3 is 2.89 bits per heavy atom. The van der Waals surface area contributed by atoms with Crippen molar-refractivity contribution in [3.63, 3.8) is 0 Å². The zero-order chi connectivity index (χ0) is 12.6. The Balaban J connectivity index is 1.73. The predicted octanol–water partition coefficient (Wildman–Crippen LogP) is 2.36. The van der Waals surface area contributed by atoms with Crippen molar-refractivity contribution in [3.05, 3.63) is 29.8 Å². The molecule has 0 aliphatic carbocycles. The summed E-state index contributed by atoms with van der Waals surface area (Å²) in [7, 11) is 1.69. The van der Waals surface area contributed by atoms with Gasteiger partial charge < -0.3 is 18.9 Å². The van der Waals surface area contributed by atoms with E-state index in [1.165, 1.54) is 0 Å². The first-order valence-electron chi connectivity index (χ1n) is 6.32. The summed E-state index contributed by atoms with van der Waals surface area (Å²) in [5.41, 5.74) is 1.11. The van der Waals surface area contributed by atoms with E-state index in [0.29, 0.717) is 13.2 Å². The normalized spacial score (nSPS) is 16.7. The summed E-state index contributed by atoms with van der Waals surface area (Å²) in [6.45, 7) is 2.77. The Morgan fingerprint density at radius 2 is 2.11 bits per heavy atom. The molecule has 4 nitrogen and oxygen atoms in total. The van der Waals surface area contributed by atoms with E-state index >= 15 is 0 Å². The molecule has 0 N–H and O–H groups in total. The van der Waals surface area contributed by atoms with Gasteiger partial charge in [-0.2, -0.15) is 0 Å². The third-order valence-corrected chi connectivity index (χ3v) is 2.73. The Kier molecular flexibility index (Phi) is 5.45. The molecule has 0 atom stereocenters. The molecule has 18 heavy (non-hydrogen) atoms. The van der Waals surface area contributed by atoms with Gasteiger partial charge in [0.05, 0.1) is 26.4 Å². The molecular weight excluding hydrogens is 232 g/mol. The summed E-state index contributed by atoms with van der Waals surface area (Å²) in [4.78, 5) is 0. The second-order valence-electron chi connectivity index (χ2n) is 4.24. The standard InChI is InChI=1S/C14H20O4/c1-15-11-12-4-2-5-13(10-12)16-9-6-14-17-7-3-8-18-14/h2,4-5,10,14H,3,6-9,11H2,1H3. The highest BCUT2D eigenvalue weighted by Crippen LogP contribution is 2.15. The van der Waals surface area contributed by atoms with Gasteiger partial charge in [-0.15, -0.1) is 0 Å². The van der Waals surface area contributed by atoms with E-state index in [1.54, 1.807) is 7.11 Å². The van der Waals surface area contributed by atoms with Crippen LogP contribution < -0.4 is 4.74 Å². The largest absolute Gasteiger partial charge is 0.493 e. The van der Waals surface area contributed by atoms with Crippen molar-refractivity contribution in [1.82, 2.24) is 0 Å². The van der Waals surface area contributed by atoms with Gasteiger partial charge in [0.1, 0.15) is 5.75 Å². The molecule has 1 fully saturated rings. The maximum atomic E-state index is 5.68. The van der Waals surface area contributed by atoms with Crippen LogP contribution in [-0.4, -0.2) is 33.2 Å².